The number of nitroso groups, excluding NO2 is 1. The Balaban J connectivity index is 0.00000261. The number of hydroxylamine groups is 1. The van der Waals surface area contributed by atoms with Gasteiger partial charge < -0.3 is 16.2 Å². The highest BCUT2D eigenvalue weighted by atomic mass is 16.6. The van der Waals surface area contributed by atoms with Crippen molar-refractivity contribution in [3.63, 3.8) is 0 Å². The summed E-state index contributed by atoms with van der Waals surface area (Å²) in [7, 11) is 0. The Labute approximate surface area is 157 Å². The Morgan fingerprint density at radius 2 is 1.44 bits per heavy atom. The van der Waals surface area contributed by atoms with Crippen molar-refractivity contribution < 1.29 is 9.94 Å². The predicted octanol–water partition coefficient (Wildman–Crippen LogP) is 5.04. The van der Waals surface area contributed by atoms with E-state index in [1.165, 1.54) is 0 Å². The molecule has 0 aromatic heterocycles. The molecule has 0 bridgehead atoms. The Morgan fingerprint density at radius 1 is 0.852 bits per heavy atom. The highest BCUT2D eigenvalue weighted by Crippen LogP contribution is 2.21. The molecule has 0 aliphatic heterocycles. The largest absolute Gasteiger partial charge is 0.489 e. The fourth-order valence-electron chi connectivity index (χ4n) is 2.52. The molecule has 27 heavy (non-hydrogen) atoms. The SMILES string of the molecule is N.O=NN(O)Cc1ccccc1COc1ccc(Nc2ccccc2)cc1. The lowest BCUT2D eigenvalue weighted by molar-refractivity contribution is -0.100. The molecule has 0 unspecified atom stereocenters. The van der Waals surface area contributed by atoms with Crippen LogP contribution in [0.4, 0.5) is 11.4 Å². The van der Waals surface area contributed by atoms with Gasteiger partial charge in [-0.25, -0.2) is 0 Å². The quantitative estimate of drug-likeness (QED) is 0.380. The second-order valence-corrected chi connectivity index (χ2v) is 5.68. The first kappa shape index (κ1) is 19.9. The van der Waals surface area contributed by atoms with Crippen molar-refractivity contribution in [2.24, 2.45) is 5.29 Å². The second kappa shape index (κ2) is 9.91. The molecule has 3 rings (SSSR count). The number of nitrogens with one attached hydrogen (secondary N) is 1. The van der Waals surface area contributed by atoms with Crippen molar-refractivity contribution in [2.45, 2.75) is 13.2 Å². The lowest BCUT2D eigenvalue weighted by Crippen LogP contribution is -2.12. The van der Waals surface area contributed by atoms with E-state index in [0.29, 0.717) is 11.8 Å². The monoisotopic (exact) mass is 366 g/mol. The van der Waals surface area contributed by atoms with Crippen LogP contribution in [-0.2, 0) is 13.2 Å². The van der Waals surface area contributed by atoms with Gasteiger partial charge in [-0.1, -0.05) is 42.5 Å². The van der Waals surface area contributed by atoms with Gasteiger partial charge in [-0.3, -0.25) is 5.21 Å². The molecule has 7 nitrogen and oxygen atoms in total. The van der Waals surface area contributed by atoms with Crippen LogP contribution in [0.2, 0.25) is 0 Å². The Bertz CT molecular complexity index is 841. The summed E-state index contributed by atoms with van der Waals surface area (Å²) in [6, 6.07) is 25.0. The molecule has 0 aliphatic rings. The third-order valence-corrected chi connectivity index (χ3v) is 3.84. The fourth-order valence-corrected chi connectivity index (χ4v) is 2.52. The zero-order valence-corrected chi connectivity index (χ0v) is 14.8. The predicted molar refractivity (Wildman–Crippen MR) is 105 cm³/mol. The number of ether oxygens (including phenoxy) is 1. The molecule has 0 spiro atoms. The number of benzene rings is 3. The topological polar surface area (TPSA) is 109 Å². The van der Waals surface area contributed by atoms with Crippen LogP contribution in [0.25, 0.3) is 0 Å². The molecule has 0 saturated carbocycles. The minimum atomic E-state index is 0. The van der Waals surface area contributed by atoms with E-state index in [0.717, 1.165) is 28.3 Å². The van der Waals surface area contributed by atoms with Crippen LogP contribution < -0.4 is 16.2 Å². The van der Waals surface area contributed by atoms with Gasteiger partial charge in [-0.15, -0.1) is 10.1 Å². The van der Waals surface area contributed by atoms with E-state index in [9.17, 15) is 10.1 Å². The van der Waals surface area contributed by atoms with Crippen LogP contribution in [0.15, 0.2) is 84.1 Å². The minimum Gasteiger partial charge on any atom is -0.489 e. The molecular formula is C20H22N4O3. The number of para-hydroxylation sites is 1. The molecule has 3 aromatic rings. The smallest absolute Gasteiger partial charge is 0.119 e. The summed E-state index contributed by atoms with van der Waals surface area (Å²) in [5, 5.41) is 15.4. The molecule has 0 radical (unpaired) electrons. The average molecular weight is 366 g/mol. The van der Waals surface area contributed by atoms with Crippen molar-refractivity contribution in [3.8, 4) is 5.75 Å². The minimum absolute atomic E-state index is 0. The summed E-state index contributed by atoms with van der Waals surface area (Å²) < 4.78 is 5.82. The van der Waals surface area contributed by atoms with Crippen LogP contribution in [0.5, 0.6) is 5.75 Å². The van der Waals surface area contributed by atoms with Gasteiger partial charge >= 0.3 is 0 Å². The average Bonchev–Trinajstić information content (AvgIpc) is 2.69. The highest BCUT2D eigenvalue weighted by Gasteiger charge is 2.07. The van der Waals surface area contributed by atoms with Crippen molar-refractivity contribution >= 4 is 11.4 Å². The van der Waals surface area contributed by atoms with E-state index >= 15 is 0 Å². The van der Waals surface area contributed by atoms with E-state index in [1.54, 1.807) is 0 Å². The van der Waals surface area contributed by atoms with Crippen LogP contribution in [0.1, 0.15) is 11.1 Å². The summed E-state index contributed by atoms with van der Waals surface area (Å²) in [5.41, 5.74) is 3.64. The van der Waals surface area contributed by atoms with Crippen molar-refractivity contribution in [3.05, 3.63) is 94.9 Å². The van der Waals surface area contributed by atoms with E-state index < -0.39 is 0 Å². The van der Waals surface area contributed by atoms with Gasteiger partial charge in [0.15, 0.2) is 0 Å². The molecule has 5 N–H and O–H groups in total. The Kier molecular flexibility index (Phi) is 7.30. The number of hydrogen-bond acceptors (Lipinski definition) is 6. The van der Waals surface area contributed by atoms with Crippen molar-refractivity contribution in [1.29, 1.82) is 0 Å². The van der Waals surface area contributed by atoms with Gasteiger partial charge in [0.05, 0.1) is 11.8 Å². The number of anilines is 2. The molecule has 0 fully saturated rings. The second-order valence-electron chi connectivity index (χ2n) is 5.68. The molecular weight excluding hydrogens is 344 g/mol. The fraction of sp³-hybridized carbons (Fsp3) is 0.100. The maximum Gasteiger partial charge on any atom is 0.119 e. The van der Waals surface area contributed by atoms with Gasteiger partial charge in [0.1, 0.15) is 12.4 Å². The molecule has 0 amide bonds. The summed E-state index contributed by atoms with van der Waals surface area (Å²) in [4.78, 5) is 10.4. The molecule has 140 valence electrons. The van der Waals surface area contributed by atoms with Gasteiger partial charge in [-0.05, 0) is 47.5 Å². The lowest BCUT2D eigenvalue weighted by Gasteiger charge is -2.13. The molecule has 0 aliphatic carbocycles. The van der Waals surface area contributed by atoms with Gasteiger partial charge in [-0.2, -0.15) is 0 Å². The van der Waals surface area contributed by atoms with Crippen LogP contribution >= 0.6 is 0 Å². The first-order chi connectivity index (χ1) is 12.7. The first-order valence-corrected chi connectivity index (χ1v) is 8.16. The number of nitrogens with zero attached hydrogens (tertiary/aromatic N) is 2. The third kappa shape index (κ3) is 5.81. The molecule has 0 saturated heterocycles. The van der Waals surface area contributed by atoms with E-state index in [4.69, 9.17) is 4.74 Å². The number of hydrogen-bond donors (Lipinski definition) is 3. The zero-order valence-electron chi connectivity index (χ0n) is 14.8. The van der Waals surface area contributed by atoms with Gasteiger partial charge in [0, 0.05) is 11.4 Å². The maximum atomic E-state index is 10.4. The molecule has 0 atom stereocenters. The highest BCUT2D eigenvalue weighted by molar-refractivity contribution is 5.60. The maximum absolute atomic E-state index is 10.4. The zero-order chi connectivity index (χ0) is 18.2. The first-order valence-electron chi connectivity index (χ1n) is 8.16. The molecule has 7 heteroatoms. The summed E-state index contributed by atoms with van der Waals surface area (Å²) in [6.45, 7) is 0.345. The Morgan fingerprint density at radius 3 is 2.11 bits per heavy atom. The standard InChI is InChI=1S/C20H19N3O3.H3N/c24-22-23(25)14-16-6-4-5-7-17(16)15-26-20-12-10-19(11-13-20)21-18-8-2-1-3-9-18;/h1-13,21,25H,14-15H2;1H3. The van der Waals surface area contributed by atoms with Crippen LogP contribution in [0.3, 0.4) is 0 Å². The van der Waals surface area contributed by atoms with Crippen molar-refractivity contribution in [2.75, 3.05) is 5.32 Å². The third-order valence-electron chi connectivity index (χ3n) is 3.84. The van der Waals surface area contributed by atoms with Gasteiger partial charge in [0.25, 0.3) is 0 Å². The van der Waals surface area contributed by atoms with E-state index in [2.05, 4.69) is 10.6 Å². The van der Waals surface area contributed by atoms with E-state index in [1.807, 2.05) is 78.9 Å². The summed E-state index contributed by atoms with van der Waals surface area (Å²) in [5.74, 6) is 0.729. The Hall–Kier alpha value is -3.42. The lowest BCUT2D eigenvalue weighted by atomic mass is 10.1. The van der Waals surface area contributed by atoms with Crippen LogP contribution in [-0.4, -0.2) is 10.4 Å². The normalized spacial score (nSPS) is 9.81. The molecule has 3 aromatic carbocycles. The van der Waals surface area contributed by atoms with Crippen molar-refractivity contribution in [1.82, 2.24) is 11.3 Å². The van der Waals surface area contributed by atoms with E-state index in [-0.39, 0.29) is 12.7 Å². The molecule has 0 heterocycles. The van der Waals surface area contributed by atoms with Gasteiger partial charge in [0.2, 0.25) is 0 Å². The number of rotatable bonds is 8. The summed E-state index contributed by atoms with van der Waals surface area (Å²) >= 11 is 0. The summed E-state index contributed by atoms with van der Waals surface area (Å²) in [6.07, 6.45) is 0. The van der Waals surface area contributed by atoms with Crippen LogP contribution in [0, 0.1) is 4.91 Å².